The summed E-state index contributed by atoms with van der Waals surface area (Å²) in [4.78, 5) is 38.1. The van der Waals surface area contributed by atoms with Crippen LogP contribution < -0.4 is 0 Å². The van der Waals surface area contributed by atoms with Gasteiger partial charge in [0, 0.05) is 19.3 Å². The van der Waals surface area contributed by atoms with Crippen LogP contribution in [-0.2, 0) is 28.6 Å². The van der Waals surface area contributed by atoms with Crippen molar-refractivity contribution in [1.82, 2.24) is 0 Å². The Morgan fingerprint density at radius 3 is 0.970 bits per heavy atom. The molecule has 0 bridgehead atoms. The fraction of sp³-hybridized carbons (Fsp3) is 0.783. The Bertz CT molecular complexity index is 1200. The first-order chi connectivity index (χ1) is 32.5. The maximum Gasteiger partial charge on any atom is 0.306 e. The molecule has 0 aliphatic rings. The van der Waals surface area contributed by atoms with Crippen LogP contribution in [0.3, 0.4) is 0 Å². The minimum Gasteiger partial charge on any atom is -0.462 e. The second kappa shape index (κ2) is 54.7. The zero-order valence-corrected chi connectivity index (χ0v) is 43.7. The molecule has 0 fully saturated rings. The lowest BCUT2D eigenvalue weighted by atomic mass is 10.0. The van der Waals surface area contributed by atoms with Gasteiger partial charge in [0.1, 0.15) is 13.2 Å². The summed E-state index contributed by atoms with van der Waals surface area (Å²) in [6, 6.07) is 0. The normalized spacial score (nSPS) is 12.5. The summed E-state index contributed by atoms with van der Waals surface area (Å²) >= 11 is 0. The van der Waals surface area contributed by atoms with Gasteiger partial charge < -0.3 is 14.2 Å². The Balaban J connectivity index is 4.45. The molecule has 0 aliphatic heterocycles. The van der Waals surface area contributed by atoms with Crippen LogP contribution in [0.5, 0.6) is 0 Å². The second-order valence-electron chi connectivity index (χ2n) is 18.8. The first-order valence-corrected chi connectivity index (χ1v) is 28.3. The molecule has 0 saturated heterocycles. The van der Waals surface area contributed by atoms with Gasteiger partial charge in [0.2, 0.25) is 0 Å². The van der Waals surface area contributed by atoms with Crippen LogP contribution in [0.4, 0.5) is 0 Å². The molecule has 0 heterocycles. The average molecular weight is 924 g/mol. The number of rotatable bonds is 51. The van der Waals surface area contributed by atoms with Gasteiger partial charge in [0.15, 0.2) is 6.10 Å². The highest BCUT2D eigenvalue weighted by Crippen LogP contribution is 2.16. The Morgan fingerprint density at radius 1 is 0.303 bits per heavy atom. The molecule has 1 atom stereocenters. The Labute approximate surface area is 409 Å². The lowest BCUT2D eigenvalue weighted by Gasteiger charge is -2.18. The van der Waals surface area contributed by atoms with Crippen molar-refractivity contribution >= 4 is 17.9 Å². The standard InChI is InChI=1S/C60H106O6/c1-4-7-10-13-16-19-22-25-28-30-33-35-38-41-44-47-50-53-59(62)65-56-57(55-64-58(61)52-49-46-43-40-37-34-31-27-24-21-18-15-12-9-6-3)66-60(63)54-51-48-45-42-39-36-32-29-26-23-20-17-14-11-8-5-2/h16,19,21,24-25,28,33,35,41,44,57H,4-15,17-18,20,22-23,26-27,29-32,34,36-40,42-43,45-56H2,1-3H3/b19-16+,24-21+,28-25+,35-33+,44-41+/t57-/m1/s1. The third-order valence-corrected chi connectivity index (χ3v) is 12.2. The van der Waals surface area contributed by atoms with Crippen LogP contribution in [0.1, 0.15) is 284 Å². The van der Waals surface area contributed by atoms with Gasteiger partial charge >= 0.3 is 17.9 Å². The van der Waals surface area contributed by atoms with Gasteiger partial charge in [-0.3, -0.25) is 14.4 Å². The molecule has 0 aromatic rings. The lowest BCUT2D eigenvalue weighted by molar-refractivity contribution is -0.167. The molecule has 0 aliphatic carbocycles. The van der Waals surface area contributed by atoms with Crippen molar-refractivity contribution < 1.29 is 28.6 Å². The summed E-state index contributed by atoms with van der Waals surface area (Å²) in [5.41, 5.74) is 0. The van der Waals surface area contributed by atoms with Crippen molar-refractivity contribution in [3.8, 4) is 0 Å². The zero-order valence-electron chi connectivity index (χ0n) is 43.7. The summed E-state index contributed by atoms with van der Waals surface area (Å²) in [7, 11) is 0. The van der Waals surface area contributed by atoms with E-state index in [-0.39, 0.29) is 37.5 Å². The summed E-state index contributed by atoms with van der Waals surface area (Å²) in [5.74, 6) is -0.942. The molecule has 0 unspecified atom stereocenters. The van der Waals surface area contributed by atoms with Gasteiger partial charge in [-0.2, -0.15) is 0 Å². The molecule has 0 aromatic heterocycles. The minimum atomic E-state index is -0.795. The Hall–Kier alpha value is -2.89. The monoisotopic (exact) mass is 923 g/mol. The quantitative estimate of drug-likeness (QED) is 0.0262. The smallest absolute Gasteiger partial charge is 0.306 e. The highest BCUT2D eigenvalue weighted by molar-refractivity contribution is 5.71. The van der Waals surface area contributed by atoms with Gasteiger partial charge in [-0.25, -0.2) is 0 Å². The predicted molar refractivity (Wildman–Crippen MR) is 284 cm³/mol. The average Bonchev–Trinajstić information content (AvgIpc) is 3.31. The van der Waals surface area contributed by atoms with Crippen molar-refractivity contribution in [2.45, 2.75) is 290 Å². The fourth-order valence-electron chi connectivity index (χ4n) is 7.96. The van der Waals surface area contributed by atoms with Crippen molar-refractivity contribution in [2.75, 3.05) is 13.2 Å². The number of hydrogen-bond acceptors (Lipinski definition) is 6. The summed E-state index contributed by atoms with van der Waals surface area (Å²) < 4.78 is 16.8. The molecular formula is C60H106O6. The largest absolute Gasteiger partial charge is 0.462 e. The molecule has 0 aromatic carbocycles. The highest BCUT2D eigenvalue weighted by Gasteiger charge is 2.19. The fourth-order valence-corrected chi connectivity index (χ4v) is 7.96. The van der Waals surface area contributed by atoms with Gasteiger partial charge in [-0.15, -0.1) is 0 Å². The number of hydrogen-bond donors (Lipinski definition) is 0. The molecule has 0 radical (unpaired) electrons. The first-order valence-electron chi connectivity index (χ1n) is 28.3. The zero-order chi connectivity index (χ0) is 47.9. The molecular weight excluding hydrogens is 817 g/mol. The van der Waals surface area contributed by atoms with E-state index in [9.17, 15) is 14.4 Å². The highest BCUT2D eigenvalue weighted by atomic mass is 16.6. The van der Waals surface area contributed by atoms with Crippen molar-refractivity contribution in [2.24, 2.45) is 0 Å². The van der Waals surface area contributed by atoms with Crippen LogP contribution in [0.15, 0.2) is 60.8 Å². The van der Waals surface area contributed by atoms with E-state index in [0.717, 1.165) is 64.2 Å². The number of carbonyl (C=O) groups is 3. The van der Waals surface area contributed by atoms with Crippen LogP contribution in [-0.4, -0.2) is 37.2 Å². The number of esters is 3. The summed E-state index contributed by atoms with van der Waals surface area (Å²) in [5, 5.41) is 0. The number of unbranched alkanes of at least 4 members (excludes halogenated alkanes) is 30. The molecule has 0 saturated carbocycles. The van der Waals surface area contributed by atoms with Crippen LogP contribution in [0.25, 0.3) is 0 Å². The van der Waals surface area contributed by atoms with E-state index < -0.39 is 6.10 Å². The van der Waals surface area contributed by atoms with Crippen LogP contribution in [0, 0.1) is 0 Å². The SMILES string of the molecule is CCCCC/C=C/C/C=C/C/C=C/C/C=C/CCCC(=O)OC[C@@H](COC(=O)CCCCCCCCC/C=C/CCCCCC)OC(=O)CCCCCCCCCCCCCCCCCC. The Kier molecular flexibility index (Phi) is 52.3. The molecule has 382 valence electrons. The lowest BCUT2D eigenvalue weighted by Crippen LogP contribution is -2.30. The minimum absolute atomic E-state index is 0.0911. The molecule has 0 N–H and O–H groups in total. The van der Waals surface area contributed by atoms with Crippen molar-refractivity contribution in [3.05, 3.63) is 60.8 Å². The third kappa shape index (κ3) is 52.1. The third-order valence-electron chi connectivity index (χ3n) is 12.2. The van der Waals surface area contributed by atoms with Gasteiger partial charge in [-0.1, -0.05) is 242 Å². The second-order valence-corrected chi connectivity index (χ2v) is 18.8. The van der Waals surface area contributed by atoms with E-state index >= 15 is 0 Å². The maximum absolute atomic E-state index is 12.8. The van der Waals surface area contributed by atoms with Gasteiger partial charge in [0.05, 0.1) is 0 Å². The van der Waals surface area contributed by atoms with E-state index in [4.69, 9.17) is 14.2 Å². The molecule has 6 nitrogen and oxygen atoms in total. The van der Waals surface area contributed by atoms with Crippen LogP contribution >= 0.6 is 0 Å². The topological polar surface area (TPSA) is 78.9 Å². The molecule has 6 heteroatoms. The van der Waals surface area contributed by atoms with E-state index in [1.54, 1.807) is 0 Å². The maximum atomic E-state index is 12.8. The molecule has 0 rings (SSSR count). The predicted octanol–water partition coefficient (Wildman–Crippen LogP) is 18.8. The number of allylic oxidation sites excluding steroid dienone is 10. The van der Waals surface area contributed by atoms with Gasteiger partial charge in [-0.05, 0) is 83.5 Å². The first kappa shape index (κ1) is 63.1. The van der Waals surface area contributed by atoms with Crippen LogP contribution in [0.2, 0.25) is 0 Å². The summed E-state index contributed by atoms with van der Waals surface area (Å²) in [6.07, 6.45) is 67.8. The van der Waals surface area contributed by atoms with E-state index in [1.807, 2.05) is 0 Å². The molecule has 0 spiro atoms. The molecule has 66 heavy (non-hydrogen) atoms. The van der Waals surface area contributed by atoms with E-state index in [0.29, 0.717) is 19.3 Å². The van der Waals surface area contributed by atoms with Gasteiger partial charge in [0.25, 0.3) is 0 Å². The Morgan fingerprint density at radius 2 is 0.561 bits per heavy atom. The number of ether oxygens (including phenoxy) is 3. The number of carbonyl (C=O) groups excluding carboxylic acids is 3. The molecule has 0 amide bonds. The van der Waals surface area contributed by atoms with E-state index in [2.05, 4.69) is 81.5 Å². The summed E-state index contributed by atoms with van der Waals surface area (Å²) in [6.45, 7) is 6.57. The van der Waals surface area contributed by atoms with Crippen molar-refractivity contribution in [1.29, 1.82) is 0 Å². The van der Waals surface area contributed by atoms with Crippen molar-refractivity contribution in [3.63, 3.8) is 0 Å². The van der Waals surface area contributed by atoms with E-state index in [1.165, 1.54) is 173 Å².